The van der Waals surface area contributed by atoms with E-state index in [0.717, 1.165) is 11.3 Å². The van der Waals surface area contributed by atoms with E-state index in [1.807, 2.05) is 25.1 Å². The number of aryl methyl sites for hydroxylation is 1. The maximum atomic E-state index is 12.2. The van der Waals surface area contributed by atoms with Gasteiger partial charge in [-0.2, -0.15) is 5.10 Å². The minimum absolute atomic E-state index is 0.103. The summed E-state index contributed by atoms with van der Waals surface area (Å²) in [4.78, 5) is 36.6. The molecule has 30 heavy (non-hydrogen) atoms. The number of hydrazine groups is 1. The van der Waals surface area contributed by atoms with Crippen molar-refractivity contribution in [2.75, 3.05) is 18.5 Å². The van der Waals surface area contributed by atoms with Crippen molar-refractivity contribution in [3.8, 4) is 0 Å². The minimum Gasteiger partial charge on any atom is -0.332 e. The normalized spacial score (nSPS) is 18.7. The first-order chi connectivity index (χ1) is 14.5. The van der Waals surface area contributed by atoms with E-state index in [1.165, 1.54) is 18.6 Å². The van der Waals surface area contributed by atoms with E-state index in [9.17, 15) is 9.59 Å². The van der Waals surface area contributed by atoms with Crippen molar-refractivity contribution in [2.24, 2.45) is 4.99 Å². The molecule has 2 aliphatic heterocycles. The predicted molar refractivity (Wildman–Crippen MR) is 109 cm³/mol. The van der Waals surface area contributed by atoms with E-state index in [2.05, 4.69) is 30.7 Å². The summed E-state index contributed by atoms with van der Waals surface area (Å²) in [6, 6.07) is 0.00750. The molecule has 1 atom stereocenters. The van der Waals surface area contributed by atoms with E-state index < -0.39 is 0 Å². The number of carbonyl (C=O) groups is 2. The van der Waals surface area contributed by atoms with E-state index in [-0.39, 0.29) is 23.7 Å². The Morgan fingerprint density at radius 3 is 2.90 bits per heavy atom. The number of nitrogens with zero attached hydrogens (tertiary/aromatic N) is 7. The Balaban J connectivity index is 1.37. The smallest absolute Gasteiger partial charge is 0.332 e. The van der Waals surface area contributed by atoms with Gasteiger partial charge in [0.1, 0.15) is 12.4 Å². The second-order valence-electron chi connectivity index (χ2n) is 7.18. The van der Waals surface area contributed by atoms with Crippen molar-refractivity contribution in [2.45, 2.75) is 32.9 Å². The lowest BCUT2D eigenvalue weighted by Gasteiger charge is -2.34. The molecule has 1 saturated heterocycles. The molecule has 2 aromatic rings. The van der Waals surface area contributed by atoms with Crippen LogP contribution in [0.3, 0.4) is 0 Å². The van der Waals surface area contributed by atoms with Gasteiger partial charge in [-0.15, -0.1) is 0 Å². The predicted octanol–water partition coefficient (Wildman–Crippen LogP) is 1.26. The number of nitrogens with one attached hydrogen (secondary N) is 2. The molecule has 2 aromatic heterocycles. The molecule has 0 aliphatic carbocycles. The van der Waals surface area contributed by atoms with Crippen molar-refractivity contribution >= 4 is 23.8 Å². The fourth-order valence-electron chi connectivity index (χ4n) is 3.37. The summed E-state index contributed by atoms with van der Waals surface area (Å²) in [6.45, 7) is 5.62. The Bertz CT molecular complexity index is 998. The van der Waals surface area contributed by atoms with Gasteiger partial charge >= 0.3 is 6.03 Å². The molecule has 1 unspecified atom stereocenters. The molecule has 0 saturated carbocycles. The summed E-state index contributed by atoms with van der Waals surface area (Å²) in [5.41, 5.74) is 2.86. The van der Waals surface area contributed by atoms with Crippen LogP contribution in [0.5, 0.6) is 0 Å². The molecule has 0 spiro atoms. The van der Waals surface area contributed by atoms with Gasteiger partial charge < -0.3 is 10.6 Å². The number of anilines is 1. The monoisotopic (exact) mass is 409 g/mol. The lowest BCUT2D eigenvalue weighted by Crippen LogP contribution is -2.45. The van der Waals surface area contributed by atoms with Crippen LogP contribution in [0.1, 0.15) is 30.8 Å². The van der Waals surface area contributed by atoms with E-state index >= 15 is 0 Å². The van der Waals surface area contributed by atoms with Gasteiger partial charge in [-0.05, 0) is 25.8 Å². The van der Waals surface area contributed by atoms with Crippen molar-refractivity contribution < 1.29 is 9.59 Å². The third kappa shape index (κ3) is 4.14. The molecule has 0 radical (unpaired) electrons. The molecule has 4 heterocycles. The second kappa shape index (κ2) is 8.31. The Kier molecular flexibility index (Phi) is 5.42. The number of aromatic nitrogens is 4. The van der Waals surface area contributed by atoms with Crippen LogP contribution in [-0.4, -0.2) is 67.2 Å². The molecule has 0 aromatic carbocycles. The molecule has 4 rings (SSSR count). The first-order valence-corrected chi connectivity index (χ1v) is 9.66. The summed E-state index contributed by atoms with van der Waals surface area (Å²) in [6.07, 6.45) is 10.3. The number of urea groups is 1. The molecule has 3 amide bonds. The van der Waals surface area contributed by atoms with Crippen LogP contribution in [-0.2, 0) is 6.54 Å². The number of aliphatic imine (C=N–C) groups is 1. The molecule has 1 fully saturated rings. The first kappa shape index (κ1) is 19.6. The van der Waals surface area contributed by atoms with Gasteiger partial charge in [0, 0.05) is 43.1 Å². The molecule has 156 valence electrons. The quantitative estimate of drug-likeness (QED) is 0.741. The van der Waals surface area contributed by atoms with Crippen LogP contribution >= 0.6 is 0 Å². The third-order valence-electron chi connectivity index (χ3n) is 4.95. The molecular formula is C19H23N9O2. The number of amides is 3. The fraction of sp³-hybridized carbons (Fsp3) is 0.368. The highest BCUT2D eigenvalue weighted by Gasteiger charge is 2.32. The number of hydrogen-bond donors (Lipinski definition) is 2. The highest BCUT2D eigenvalue weighted by atomic mass is 16.2. The summed E-state index contributed by atoms with van der Waals surface area (Å²) in [7, 11) is 0. The lowest BCUT2D eigenvalue weighted by molar-refractivity contribution is 0.0657. The molecule has 11 nitrogen and oxygen atoms in total. The summed E-state index contributed by atoms with van der Waals surface area (Å²) >= 11 is 0. The first-order valence-electron chi connectivity index (χ1n) is 9.66. The van der Waals surface area contributed by atoms with Gasteiger partial charge in [-0.1, -0.05) is 0 Å². The molecular weight excluding hydrogens is 386 g/mol. The number of hydrogen-bond acceptors (Lipinski definition) is 7. The number of allylic oxidation sites excluding steroid dienone is 2. The van der Waals surface area contributed by atoms with Crippen LogP contribution < -0.4 is 10.6 Å². The van der Waals surface area contributed by atoms with Crippen LogP contribution in [0.4, 0.5) is 10.5 Å². The van der Waals surface area contributed by atoms with Gasteiger partial charge in [0.2, 0.25) is 0 Å². The van der Waals surface area contributed by atoms with E-state index in [4.69, 9.17) is 0 Å². The second-order valence-corrected chi connectivity index (χ2v) is 7.18. The van der Waals surface area contributed by atoms with E-state index in [1.54, 1.807) is 22.1 Å². The van der Waals surface area contributed by atoms with Crippen LogP contribution in [0.25, 0.3) is 0 Å². The van der Waals surface area contributed by atoms with Crippen LogP contribution in [0.2, 0.25) is 0 Å². The average Bonchev–Trinajstić information content (AvgIpc) is 3.33. The SMILES string of the molecule is CC1=C(CCn2cc(NC(=O)c3cnccn3)cn2)C=NCN1N1CC(C)NC1=O. The lowest BCUT2D eigenvalue weighted by atomic mass is 10.1. The molecule has 11 heteroatoms. The Morgan fingerprint density at radius 1 is 1.30 bits per heavy atom. The maximum Gasteiger partial charge on any atom is 0.336 e. The summed E-state index contributed by atoms with van der Waals surface area (Å²) < 4.78 is 1.75. The van der Waals surface area contributed by atoms with E-state index in [0.29, 0.717) is 31.9 Å². The van der Waals surface area contributed by atoms with Crippen molar-refractivity contribution in [1.82, 2.24) is 35.1 Å². The molecule has 2 N–H and O–H groups in total. The highest BCUT2D eigenvalue weighted by molar-refractivity contribution is 6.02. The largest absolute Gasteiger partial charge is 0.336 e. The standard InChI is InChI=1S/C19H23N9O2/c1-13-10-27(19(30)24-13)28-12-21-7-15(14(28)2)3-6-26-11-16(8-23-26)25-18(29)17-9-20-4-5-22-17/h4-5,7-9,11,13H,3,6,10,12H2,1-2H3,(H,24,30)(H,25,29). The van der Waals surface area contributed by atoms with Gasteiger partial charge in [0.25, 0.3) is 5.91 Å². The third-order valence-corrected chi connectivity index (χ3v) is 4.95. The van der Waals surface area contributed by atoms with Crippen molar-refractivity contribution in [1.29, 1.82) is 0 Å². The zero-order valence-corrected chi connectivity index (χ0v) is 16.8. The van der Waals surface area contributed by atoms with Gasteiger partial charge in [0.15, 0.2) is 0 Å². The van der Waals surface area contributed by atoms with Crippen molar-refractivity contribution in [3.63, 3.8) is 0 Å². The van der Waals surface area contributed by atoms with Gasteiger partial charge in [0.05, 0.1) is 24.6 Å². The Hall–Kier alpha value is -3.76. The highest BCUT2D eigenvalue weighted by Crippen LogP contribution is 2.21. The van der Waals surface area contributed by atoms with Crippen molar-refractivity contribution in [3.05, 3.63) is 47.9 Å². The zero-order chi connectivity index (χ0) is 21.1. The van der Waals surface area contributed by atoms with Crippen LogP contribution in [0, 0.1) is 0 Å². The Labute approximate surface area is 173 Å². The maximum absolute atomic E-state index is 12.2. The van der Waals surface area contributed by atoms with Gasteiger partial charge in [-0.25, -0.2) is 14.8 Å². The van der Waals surface area contributed by atoms with Crippen LogP contribution in [0.15, 0.2) is 47.2 Å². The zero-order valence-electron chi connectivity index (χ0n) is 16.8. The summed E-state index contributed by atoms with van der Waals surface area (Å²) in [5.74, 6) is -0.339. The minimum atomic E-state index is -0.339. The topological polar surface area (TPSA) is 121 Å². The van der Waals surface area contributed by atoms with Gasteiger partial charge in [-0.3, -0.25) is 24.5 Å². The fourth-order valence-corrected chi connectivity index (χ4v) is 3.37. The molecule has 2 aliphatic rings. The summed E-state index contributed by atoms with van der Waals surface area (Å²) in [5, 5.41) is 13.6. The molecule has 0 bridgehead atoms. The average molecular weight is 409 g/mol. The number of rotatable bonds is 6. The Morgan fingerprint density at radius 2 is 2.17 bits per heavy atom. The number of carbonyl (C=O) groups excluding carboxylic acids is 2.